The summed E-state index contributed by atoms with van der Waals surface area (Å²) in [6.07, 6.45) is 1.01. The number of aliphatic carboxylic acids is 1. The van der Waals surface area contributed by atoms with Crippen molar-refractivity contribution in [2.24, 2.45) is 0 Å². The van der Waals surface area contributed by atoms with E-state index in [0.717, 1.165) is 0 Å². The Morgan fingerprint density at radius 1 is 1.45 bits per heavy atom. The van der Waals surface area contributed by atoms with E-state index in [1.165, 1.54) is 31.3 Å². The Kier molecular flexibility index (Phi) is 6.53. The summed E-state index contributed by atoms with van der Waals surface area (Å²) in [5.41, 5.74) is 0.0694. The summed E-state index contributed by atoms with van der Waals surface area (Å²) in [6.45, 7) is 0.376. The lowest BCUT2D eigenvalue weighted by Crippen LogP contribution is -2.29. The highest BCUT2D eigenvalue weighted by Gasteiger charge is 2.20. The van der Waals surface area contributed by atoms with Gasteiger partial charge in [0.05, 0.1) is 13.0 Å². The number of hydrogen-bond acceptors (Lipinski definition) is 5. The summed E-state index contributed by atoms with van der Waals surface area (Å²) in [5.74, 6) is -1.50. The molecule has 0 fully saturated rings. The van der Waals surface area contributed by atoms with Gasteiger partial charge < -0.3 is 19.7 Å². The number of nitrogens with one attached hydrogen (secondary N) is 2. The fraction of sp³-hybridized carbons (Fsp3) is 0.500. The molecule has 0 bridgehead atoms. The maximum absolute atomic E-state index is 12.0. The monoisotopic (exact) mass is 333 g/mol. The molecule has 9 nitrogen and oxygen atoms in total. The highest BCUT2D eigenvalue weighted by molar-refractivity contribution is 7.89. The molecule has 0 atom stereocenters. The average Bonchev–Trinajstić information content (AvgIpc) is 2.94. The van der Waals surface area contributed by atoms with Gasteiger partial charge in [-0.2, -0.15) is 0 Å². The van der Waals surface area contributed by atoms with Crippen molar-refractivity contribution < 1.29 is 27.9 Å². The minimum absolute atomic E-state index is 0.0291. The molecule has 0 radical (unpaired) electrons. The van der Waals surface area contributed by atoms with Crippen molar-refractivity contribution in [1.29, 1.82) is 0 Å². The third-order valence-corrected chi connectivity index (χ3v) is 4.24. The van der Waals surface area contributed by atoms with E-state index in [4.69, 9.17) is 9.84 Å². The molecule has 1 aromatic heterocycles. The number of amides is 1. The third-order valence-electron chi connectivity index (χ3n) is 2.80. The van der Waals surface area contributed by atoms with Crippen LogP contribution in [0, 0.1) is 0 Å². The maximum atomic E-state index is 12.0. The quantitative estimate of drug-likeness (QED) is 0.522. The highest BCUT2D eigenvalue weighted by atomic mass is 32.2. The van der Waals surface area contributed by atoms with Crippen molar-refractivity contribution in [2.45, 2.75) is 11.3 Å². The molecule has 0 spiro atoms. The average molecular weight is 333 g/mol. The van der Waals surface area contributed by atoms with Crippen LogP contribution in [0.2, 0.25) is 0 Å². The van der Waals surface area contributed by atoms with Gasteiger partial charge in [0, 0.05) is 33.4 Å². The number of hydrogen-bond donors (Lipinski definition) is 3. The standard InChI is InChI=1S/C12H19N3O6S/c1-15(5-3-11(16)17)12(18)10-7-9(8-13-10)22(19,20)14-4-6-21-2/h7-8,13-14H,3-6H2,1-2H3,(H,16,17). The van der Waals surface area contributed by atoms with E-state index < -0.39 is 21.9 Å². The molecular formula is C12H19N3O6S. The molecule has 0 aliphatic carbocycles. The van der Waals surface area contributed by atoms with Gasteiger partial charge in [-0.15, -0.1) is 0 Å². The maximum Gasteiger partial charge on any atom is 0.305 e. The zero-order chi connectivity index (χ0) is 16.8. The van der Waals surface area contributed by atoms with E-state index in [1.807, 2.05) is 0 Å². The lowest BCUT2D eigenvalue weighted by molar-refractivity contribution is -0.137. The predicted molar refractivity (Wildman–Crippen MR) is 77.1 cm³/mol. The Bertz CT molecular complexity index is 625. The number of carboxylic acid groups (broad SMARTS) is 1. The summed E-state index contributed by atoms with van der Waals surface area (Å²) in [4.78, 5) is 26.2. The number of sulfonamides is 1. The minimum atomic E-state index is -3.72. The third kappa shape index (κ3) is 5.13. The zero-order valence-corrected chi connectivity index (χ0v) is 13.1. The molecule has 10 heteroatoms. The van der Waals surface area contributed by atoms with Crippen LogP contribution in [0.1, 0.15) is 16.9 Å². The van der Waals surface area contributed by atoms with Gasteiger partial charge in [-0.05, 0) is 6.07 Å². The first-order chi connectivity index (χ1) is 10.3. The van der Waals surface area contributed by atoms with E-state index in [2.05, 4.69) is 9.71 Å². The highest BCUT2D eigenvalue weighted by Crippen LogP contribution is 2.12. The lowest BCUT2D eigenvalue weighted by Gasteiger charge is -2.14. The Balaban J connectivity index is 2.74. The van der Waals surface area contributed by atoms with Gasteiger partial charge in [0.1, 0.15) is 10.6 Å². The molecule has 0 unspecified atom stereocenters. The predicted octanol–water partition coefficient (Wildman–Crippen LogP) is -0.514. The molecular weight excluding hydrogens is 314 g/mol. The first-order valence-electron chi connectivity index (χ1n) is 6.42. The Labute approximate surface area is 128 Å². The van der Waals surface area contributed by atoms with E-state index in [-0.39, 0.29) is 36.7 Å². The number of methoxy groups -OCH3 is 1. The zero-order valence-electron chi connectivity index (χ0n) is 12.3. The molecule has 0 aliphatic heterocycles. The number of aromatic amines is 1. The number of nitrogens with zero attached hydrogens (tertiary/aromatic N) is 1. The van der Waals surface area contributed by atoms with Crippen LogP contribution >= 0.6 is 0 Å². The van der Waals surface area contributed by atoms with Crippen LogP contribution in [-0.2, 0) is 19.6 Å². The molecule has 0 saturated heterocycles. The largest absolute Gasteiger partial charge is 0.481 e. The minimum Gasteiger partial charge on any atom is -0.481 e. The van der Waals surface area contributed by atoms with Crippen LogP contribution in [0.4, 0.5) is 0 Å². The van der Waals surface area contributed by atoms with Gasteiger partial charge in [0.25, 0.3) is 5.91 Å². The van der Waals surface area contributed by atoms with Crippen LogP contribution in [-0.4, -0.2) is 69.1 Å². The van der Waals surface area contributed by atoms with E-state index in [1.54, 1.807) is 0 Å². The van der Waals surface area contributed by atoms with Gasteiger partial charge in [-0.3, -0.25) is 9.59 Å². The summed E-state index contributed by atoms with van der Waals surface area (Å²) in [6, 6.07) is 1.20. The normalized spacial score (nSPS) is 11.4. The summed E-state index contributed by atoms with van der Waals surface area (Å²) in [7, 11) is -0.828. The Morgan fingerprint density at radius 2 is 2.14 bits per heavy atom. The fourth-order valence-electron chi connectivity index (χ4n) is 1.59. The number of aromatic nitrogens is 1. The van der Waals surface area contributed by atoms with Crippen molar-refractivity contribution in [3.8, 4) is 0 Å². The first kappa shape index (κ1) is 18.1. The molecule has 0 aliphatic rings. The molecule has 1 heterocycles. The van der Waals surface area contributed by atoms with Gasteiger partial charge in [0.15, 0.2) is 0 Å². The van der Waals surface area contributed by atoms with Crippen LogP contribution < -0.4 is 4.72 Å². The molecule has 1 rings (SSSR count). The number of carboxylic acids is 1. The second-order valence-corrected chi connectivity index (χ2v) is 6.28. The first-order valence-corrected chi connectivity index (χ1v) is 7.90. The molecule has 0 aromatic carbocycles. The number of carbonyl (C=O) groups is 2. The topological polar surface area (TPSA) is 129 Å². The number of carbonyl (C=O) groups excluding carboxylic acids is 1. The van der Waals surface area contributed by atoms with Crippen LogP contribution in [0.3, 0.4) is 0 Å². The van der Waals surface area contributed by atoms with E-state index >= 15 is 0 Å². The smallest absolute Gasteiger partial charge is 0.305 e. The van der Waals surface area contributed by atoms with Gasteiger partial charge in [-0.25, -0.2) is 13.1 Å². The lowest BCUT2D eigenvalue weighted by atomic mass is 10.3. The van der Waals surface area contributed by atoms with E-state index in [9.17, 15) is 18.0 Å². The van der Waals surface area contributed by atoms with Gasteiger partial charge in [0.2, 0.25) is 10.0 Å². The van der Waals surface area contributed by atoms with Gasteiger partial charge in [-0.1, -0.05) is 0 Å². The van der Waals surface area contributed by atoms with Crippen molar-refractivity contribution in [2.75, 3.05) is 33.9 Å². The molecule has 124 valence electrons. The van der Waals surface area contributed by atoms with Crippen molar-refractivity contribution in [3.63, 3.8) is 0 Å². The molecule has 0 saturated carbocycles. The number of ether oxygens (including phenoxy) is 1. The number of H-pyrrole nitrogens is 1. The fourth-order valence-corrected chi connectivity index (χ4v) is 2.59. The molecule has 1 amide bonds. The summed E-state index contributed by atoms with van der Waals surface area (Å²) in [5, 5.41) is 8.58. The molecule has 22 heavy (non-hydrogen) atoms. The second-order valence-electron chi connectivity index (χ2n) is 4.51. The SMILES string of the molecule is COCCNS(=O)(=O)c1c[nH]c(C(=O)N(C)CCC(=O)O)c1. The summed E-state index contributed by atoms with van der Waals surface area (Å²) >= 11 is 0. The van der Waals surface area contributed by atoms with Crippen LogP contribution in [0.15, 0.2) is 17.2 Å². The second kappa shape index (κ2) is 7.92. The van der Waals surface area contributed by atoms with Crippen molar-refractivity contribution >= 4 is 21.9 Å². The Morgan fingerprint density at radius 3 is 2.73 bits per heavy atom. The van der Waals surface area contributed by atoms with Crippen molar-refractivity contribution in [3.05, 3.63) is 18.0 Å². The van der Waals surface area contributed by atoms with Crippen molar-refractivity contribution in [1.82, 2.24) is 14.6 Å². The summed E-state index contributed by atoms with van der Waals surface area (Å²) < 4.78 is 31.0. The Hall–Kier alpha value is -1.91. The van der Waals surface area contributed by atoms with Crippen LogP contribution in [0.5, 0.6) is 0 Å². The van der Waals surface area contributed by atoms with Crippen LogP contribution in [0.25, 0.3) is 0 Å². The van der Waals surface area contributed by atoms with Gasteiger partial charge >= 0.3 is 5.97 Å². The molecule has 1 aromatic rings. The van der Waals surface area contributed by atoms with E-state index in [0.29, 0.717) is 0 Å². The molecule has 3 N–H and O–H groups in total. The number of rotatable bonds is 9.